The molecule has 138 valence electrons. The lowest BCUT2D eigenvalue weighted by Gasteiger charge is -2.33. The fraction of sp³-hybridized carbons (Fsp3) is 0.650. The standard InChI is InChI=1S/C20H31N3O2/c1-25-18-10-8-17(9-11-18)22-19-7-3-2-5-15(19)13-23-12-4-6-16(14-23)20(21)24/h2-3,5,7,16-18,22H,4,6,8-14H2,1H3,(H2,21,24). The van der Waals surface area contributed by atoms with Gasteiger partial charge in [-0.3, -0.25) is 9.69 Å². The van der Waals surface area contributed by atoms with E-state index in [-0.39, 0.29) is 11.8 Å². The molecule has 5 heteroatoms. The van der Waals surface area contributed by atoms with E-state index in [4.69, 9.17) is 10.5 Å². The molecule has 1 saturated carbocycles. The highest BCUT2D eigenvalue weighted by molar-refractivity contribution is 5.76. The molecule has 1 unspecified atom stereocenters. The fourth-order valence-corrected chi connectivity index (χ4v) is 4.13. The molecular formula is C20H31N3O2. The maximum atomic E-state index is 11.5. The van der Waals surface area contributed by atoms with Gasteiger partial charge in [-0.15, -0.1) is 0 Å². The number of rotatable bonds is 6. The number of methoxy groups -OCH3 is 1. The second-order valence-corrected chi connectivity index (χ2v) is 7.49. The molecule has 1 aromatic carbocycles. The van der Waals surface area contributed by atoms with Gasteiger partial charge in [0.2, 0.25) is 5.91 Å². The van der Waals surface area contributed by atoms with Gasteiger partial charge in [0.05, 0.1) is 12.0 Å². The van der Waals surface area contributed by atoms with E-state index in [0.717, 1.165) is 58.2 Å². The largest absolute Gasteiger partial charge is 0.382 e. The fourth-order valence-electron chi connectivity index (χ4n) is 4.13. The number of hydrogen-bond donors (Lipinski definition) is 2. The van der Waals surface area contributed by atoms with Crippen molar-refractivity contribution in [3.8, 4) is 0 Å². The van der Waals surface area contributed by atoms with Crippen LogP contribution in [-0.2, 0) is 16.1 Å². The van der Waals surface area contributed by atoms with Crippen LogP contribution in [0.1, 0.15) is 44.1 Å². The van der Waals surface area contributed by atoms with Gasteiger partial charge in [-0.05, 0) is 56.7 Å². The number of likely N-dealkylation sites (tertiary alicyclic amines) is 1. The van der Waals surface area contributed by atoms with Crippen molar-refractivity contribution in [2.24, 2.45) is 11.7 Å². The summed E-state index contributed by atoms with van der Waals surface area (Å²) in [6.45, 7) is 2.69. The van der Waals surface area contributed by atoms with E-state index in [1.807, 2.05) is 7.11 Å². The van der Waals surface area contributed by atoms with Crippen molar-refractivity contribution in [3.63, 3.8) is 0 Å². The Morgan fingerprint density at radius 3 is 2.72 bits per heavy atom. The predicted molar refractivity (Wildman–Crippen MR) is 100 cm³/mol. The number of primary amides is 1. The second kappa shape index (κ2) is 8.68. The van der Waals surface area contributed by atoms with Crippen LogP contribution in [0.4, 0.5) is 5.69 Å². The molecule has 0 spiro atoms. The minimum Gasteiger partial charge on any atom is -0.382 e. The molecule has 1 saturated heterocycles. The zero-order valence-corrected chi connectivity index (χ0v) is 15.2. The van der Waals surface area contributed by atoms with Crippen LogP contribution in [0.3, 0.4) is 0 Å². The topological polar surface area (TPSA) is 67.6 Å². The first kappa shape index (κ1) is 18.2. The smallest absolute Gasteiger partial charge is 0.221 e. The average molecular weight is 345 g/mol. The Hall–Kier alpha value is -1.59. The lowest BCUT2D eigenvalue weighted by atomic mass is 9.92. The molecule has 25 heavy (non-hydrogen) atoms. The maximum absolute atomic E-state index is 11.5. The van der Waals surface area contributed by atoms with Gasteiger partial charge in [0.1, 0.15) is 0 Å². The molecule has 2 fully saturated rings. The Morgan fingerprint density at radius 2 is 2.00 bits per heavy atom. The molecular weight excluding hydrogens is 314 g/mol. The van der Waals surface area contributed by atoms with Gasteiger partial charge in [-0.2, -0.15) is 0 Å². The van der Waals surface area contributed by atoms with Crippen molar-refractivity contribution in [2.75, 3.05) is 25.5 Å². The first-order valence-electron chi connectivity index (χ1n) is 9.54. The summed E-state index contributed by atoms with van der Waals surface area (Å²) in [6.07, 6.45) is 6.96. The zero-order valence-electron chi connectivity index (χ0n) is 15.2. The molecule has 3 N–H and O–H groups in total. The van der Waals surface area contributed by atoms with Crippen molar-refractivity contribution in [1.29, 1.82) is 0 Å². The normalized spacial score (nSPS) is 27.8. The Balaban J connectivity index is 1.60. The number of nitrogens with one attached hydrogen (secondary N) is 1. The van der Waals surface area contributed by atoms with E-state index in [0.29, 0.717) is 12.1 Å². The maximum Gasteiger partial charge on any atom is 0.221 e. The Kier molecular flexibility index (Phi) is 6.32. The summed E-state index contributed by atoms with van der Waals surface area (Å²) >= 11 is 0. The molecule has 1 aliphatic heterocycles. The van der Waals surface area contributed by atoms with E-state index < -0.39 is 0 Å². The lowest BCUT2D eigenvalue weighted by Crippen LogP contribution is -2.40. The number of carbonyl (C=O) groups excluding carboxylic acids is 1. The number of para-hydroxylation sites is 1. The summed E-state index contributed by atoms with van der Waals surface area (Å²) in [6, 6.07) is 9.07. The minimum atomic E-state index is -0.161. The summed E-state index contributed by atoms with van der Waals surface area (Å²) < 4.78 is 5.47. The van der Waals surface area contributed by atoms with Crippen molar-refractivity contribution < 1.29 is 9.53 Å². The van der Waals surface area contributed by atoms with E-state index in [1.54, 1.807) is 0 Å². The number of anilines is 1. The van der Waals surface area contributed by atoms with Gasteiger partial charge < -0.3 is 15.8 Å². The summed E-state index contributed by atoms with van der Waals surface area (Å²) in [5.41, 5.74) is 8.04. The van der Waals surface area contributed by atoms with Gasteiger partial charge >= 0.3 is 0 Å². The third kappa shape index (κ3) is 4.95. The Bertz CT molecular complexity index is 570. The third-order valence-corrected chi connectivity index (χ3v) is 5.69. The highest BCUT2D eigenvalue weighted by Crippen LogP contribution is 2.27. The zero-order chi connectivity index (χ0) is 17.6. The van der Waals surface area contributed by atoms with Crippen molar-refractivity contribution >= 4 is 11.6 Å². The van der Waals surface area contributed by atoms with Gasteiger partial charge in [0.15, 0.2) is 0 Å². The van der Waals surface area contributed by atoms with E-state index in [2.05, 4.69) is 34.5 Å². The van der Waals surface area contributed by atoms with Gasteiger partial charge in [-0.1, -0.05) is 18.2 Å². The number of nitrogens with zero attached hydrogens (tertiary/aromatic N) is 1. The van der Waals surface area contributed by atoms with Crippen LogP contribution in [0.15, 0.2) is 24.3 Å². The average Bonchev–Trinajstić information content (AvgIpc) is 2.64. The van der Waals surface area contributed by atoms with Gasteiger partial charge in [0.25, 0.3) is 0 Å². The lowest BCUT2D eigenvalue weighted by molar-refractivity contribution is -0.123. The van der Waals surface area contributed by atoms with Crippen molar-refractivity contribution in [2.45, 2.75) is 57.2 Å². The molecule has 2 aliphatic rings. The number of nitrogens with two attached hydrogens (primary N) is 1. The van der Waals surface area contributed by atoms with E-state index in [1.165, 1.54) is 11.3 Å². The van der Waals surface area contributed by atoms with Crippen molar-refractivity contribution in [1.82, 2.24) is 4.90 Å². The van der Waals surface area contributed by atoms with Gasteiger partial charge in [0, 0.05) is 31.9 Å². The highest BCUT2D eigenvalue weighted by atomic mass is 16.5. The number of hydrogen-bond acceptors (Lipinski definition) is 4. The van der Waals surface area contributed by atoms with Crippen LogP contribution in [0.25, 0.3) is 0 Å². The molecule has 0 bridgehead atoms. The molecule has 5 nitrogen and oxygen atoms in total. The Labute approximate surface area is 150 Å². The number of piperidine rings is 1. The van der Waals surface area contributed by atoms with Crippen molar-refractivity contribution in [3.05, 3.63) is 29.8 Å². The SMILES string of the molecule is COC1CCC(Nc2ccccc2CN2CCCC(C(N)=O)C2)CC1. The number of ether oxygens (including phenoxy) is 1. The summed E-state index contributed by atoms with van der Waals surface area (Å²) in [5, 5.41) is 3.74. The molecule has 1 atom stereocenters. The quantitative estimate of drug-likeness (QED) is 0.832. The summed E-state index contributed by atoms with van der Waals surface area (Å²) in [5.74, 6) is -0.163. The van der Waals surface area contributed by atoms with Crippen LogP contribution < -0.4 is 11.1 Å². The minimum absolute atomic E-state index is 0.00167. The second-order valence-electron chi connectivity index (χ2n) is 7.49. The molecule has 1 aromatic rings. The first-order chi connectivity index (χ1) is 12.2. The van der Waals surface area contributed by atoms with E-state index in [9.17, 15) is 4.79 Å². The number of amides is 1. The Morgan fingerprint density at radius 1 is 1.24 bits per heavy atom. The van der Waals surface area contributed by atoms with E-state index >= 15 is 0 Å². The monoisotopic (exact) mass is 345 g/mol. The highest BCUT2D eigenvalue weighted by Gasteiger charge is 2.25. The molecule has 0 radical (unpaired) electrons. The third-order valence-electron chi connectivity index (χ3n) is 5.69. The molecule has 0 aromatic heterocycles. The molecule has 1 heterocycles. The van der Waals surface area contributed by atoms with Crippen LogP contribution >= 0.6 is 0 Å². The molecule has 1 amide bonds. The number of carbonyl (C=O) groups is 1. The van der Waals surface area contributed by atoms with Crippen LogP contribution in [0.2, 0.25) is 0 Å². The number of benzene rings is 1. The summed E-state index contributed by atoms with van der Waals surface area (Å²) in [7, 11) is 1.81. The van der Waals surface area contributed by atoms with Crippen LogP contribution in [0, 0.1) is 5.92 Å². The van der Waals surface area contributed by atoms with Gasteiger partial charge in [-0.25, -0.2) is 0 Å². The summed E-state index contributed by atoms with van der Waals surface area (Å²) in [4.78, 5) is 13.9. The predicted octanol–water partition coefficient (Wildman–Crippen LogP) is 2.75. The van der Waals surface area contributed by atoms with Crippen LogP contribution in [-0.4, -0.2) is 43.2 Å². The first-order valence-corrected chi connectivity index (χ1v) is 9.54. The van der Waals surface area contributed by atoms with Crippen LogP contribution in [0.5, 0.6) is 0 Å². The molecule has 3 rings (SSSR count). The molecule has 1 aliphatic carbocycles.